The van der Waals surface area contributed by atoms with Gasteiger partial charge in [0.1, 0.15) is 0 Å². The Hall–Kier alpha value is -2.13. The average molecular weight is 269 g/mol. The molecule has 0 bridgehead atoms. The van der Waals surface area contributed by atoms with Gasteiger partial charge in [0.25, 0.3) is 0 Å². The molecular weight excluding hydrogens is 250 g/mol. The van der Waals surface area contributed by atoms with E-state index in [0.717, 1.165) is 11.1 Å². The van der Waals surface area contributed by atoms with E-state index >= 15 is 0 Å². The summed E-state index contributed by atoms with van der Waals surface area (Å²) in [5.41, 5.74) is 2.15. The molecule has 3 nitrogen and oxygen atoms in total. The van der Waals surface area contributed by atoms with Gasteiger partial charge in [0.05, 0.1) is 6.42 Å². The number of carboxylic acid groups (broad SMARTS) is 1. The Labute approximate surface area is 119 Å². The smallest absolute Gasteiger partial charge is 0.305 e. The van der Waals surface area contributed by atoms with Crippen LogP contribution in [0.1, 0.15) is 36.6 Å². The minimum atomic E-state index is -0.799. The summed E-state index contributed by atoms with van der Waals surface area (Å²) in [6.07, 6.45) is 0.0706. The second kappa shape index (κ2) is 6.87. The van der Waals surface area contributed by atoms with E-state index < -0.39 is 5.97 Å². The molecule has 0 spiro atoms. The van der Waals surface area contributed by atoms with Crippen LogP contribution in [-0.2, 0) is 4.79 Å². The Balaban J connectivity index is 2.14. The van der Waals surface area contributed by atoms with Crippen LogP contribution < -0.4 is 5.32 Å². The Kier molecular flexibility index (Phi) is 4.91. The summed E-state index contributed by atoms with van der Waals surface area (Å²) in [5, 5.41) is 12.5. The van der Waals surface area contributed by atoms with E-state index in [2.05, 4.69) is 5.32 Å². The molecule has 0 saturated carbocycles. The maximum Gasteiger partial charge on any atom is 0.305 e. The topological polar surface area (TPSA) is 49.3 Å². The average Bonchev–Trinajstić information content (AvgIpc) is 2.48. The molecule has 2 aromatic carbocycles. The molecule has 2 atom stereocenters. The summed E-state index contributed by atoms with van der Waals surface area (Å²) in [5.74, 6) is -0.799. The zero-order valence-corrected chi connectivity index (χ0v) is 11.5. The highest BCUT2D eigenvalue weighted by Crippen LogP contribution is 2.22. The molecule has 0 aromatic heterocycles. The summed E-state index contributed by atoms with van der Waals surface area (Å²) in [6.45, 7) is 2.05. The van der Waals surface area contributed by atoms with Crippen molar-refractivity contribution in [2.45, 2.75) is 25.4 Å². The van der Waals surface area contributed by atoms with Crippen molar-refractivity contribution in [1.82, 2.24) is 5.32 Å². The zero-order chi connectivity index (χ0) is 14.4. The van der Waals surface area contributed by atoms with E-state index in [1.807, 2.05) is 67.6 Å². The van der Waals surface area contributed by atoms with Gasteiger partial charge in [0, 0.05) is 12.1 Å². The Morgan fingerprint density at radius 1 is 1.00 bits per heavy atom. The van der Waals surface area contributed by atoms with Crippen molar-refractivity contribution in [3.63, 3.8) is 0 Å². The lowest BCUT2D eigenvalue weighted by Gasteiger charge is -2.23. The standard InChI is InChI=1S/C17H19NO2/c1-13(14-8-4-2-5-9-14)18-16(12-17(19)20)15-10-6-3-7-11-15/h2-11,13,16,18H,12H2,1H3,(H,19,20)/t13?,16-/m0/s1. The number of carbonyl (C=O) groups is 1. The zero-order valence-electron chi connectivity index (χ0n) is 11.5. The molecular formula is C17H19NO2. The van der Waals surface area contributed by atoms with Crippen molar-refractivity contribution < 1.29 is 9.90 Å². The van der Waals surface area contributed by atoms with E-state index in [4.69, 9.17) is 5.11 Å². The minimum Gasteiger partial charge on any atom is -0.481 e. The first-order valence-corrected chi connectivity index (χ1v) is 6.74. The Morgan fingerprint density at radius 3 is 2.00 bits per heavy atom. The van der Waals surface area contributed by atoms with Crippen molar-refractivity contribution in [1.29, 1.82) is 0 Å². The second-order valence-corrected chi connectivity index (χ2v) is 4.86. The van der Waals surface area contributed by atoms with Gasteiger partial charge in [-0.3, -0.25) is 4.79 Å². The van der Waals surface area contributed by atoms with Gasteiger partial charge in [0.15, 0.2) is 0 Å². The normalized spacial score (nSPS) is 13.7. The van der Waals surface area contributed by atoms with Gasteiger partial charge in [-0.1, -0.05) is 60.7 Å². The Bertz CT molecular complexity index is 539. The summed E-state index contributed by atoms with van der Waals surface area (Å²) < 4.78 is 0. The summed E-state index contributed by atoms with van der Waals surface area (Å²) in [6, 6.07) is 19.6. The molecule has 0 aliphatic rings. The molecule has 0 aliphatic heterocycles. The van der Waals surface area contributed by atoms with Crippen molar-refractivity contribution >= 4 is 5.97 Å². The maximum absolute atomic E-state index is 11.1. The van der Waals surface area contributed by atoms with Gasteiger partial charge < -0.3 is 10.4 Å². The molecule has 0 fully saturated rings. The van der Waals surface area contributed by atoms with E-state index in [-0.39, 0.29) is 18.5 Å². The van der Waals surface area contributed by atoms with Crippen LogP contribution in [0, 0.1) is 0 Å². The molecule has 0 saturated heterocycles. The number of hydrogen-bond donors (Lipinski definition) is 2. The van der Waals surface area contributed by atoms with Gasteiger partial charge in [-0.2, -0.15) is 0 Å². The van der Waals surface area contributed by atoms with E-state index in [1.54, 1.807) is 0 Å². The molecule has 2 rings (SSSR count). The number of hydrogen-bond acceptors (Lipinski definition) is 2. The molecule has 0 radical (unpaired) electrons. The molecule has 0 amide bonds. The summed E-state index contributed by atoms with van der Waals surface area (Å²) in [4.78, 5) is 11.1. The lowest BCUT2D eigenvalue weighted by molar-refractivity contribution is -0.137. The molecule has 0 aliphatic carbocycles. The Morgan fingerprint density at radius 2 is 1.50 bits per heavy atom. The quantitative estimate of drug-likeness (QED) is 0.843. The van der Waals surface area contributed by atoms with Gasteiger partial charge >= 0.3 is 5.97 Å². The van der Waals surface area contributed by atoms with Crippen LogP contribution in [-0.4, -0.2) is 11.1 Å². The molecule has 3 heteroatoms. The lowest BCUT2D eigenvalue weighted by atomic mass is 10.0. The first-order chi connectivity index (χ1) is 9.66. The predicted molar refractivity (Wildman–Crippen MR) is 79.4 cm³/mol. The van der Waals surface area contributed by atoms with Crippen LogP contribution in [0.4, 0.5) is 0 Å². The fourth-order valence-corrected chi connectivity index (χ4v) is 2.27. The monoisotopic (exact) mass is 269 g/mol. The second-order valence-electron chi connectivity index (χ2n) is 4.86. The SMILES string of the molecule is CC(N[C@@H](CC(=O)O)c1ccccc1)c1ccccc1. The highest BCUT2D eigenvalue weighted by atomic mass is 16.4. The van der Waals surface area contributed by atoms with Crippen molar-refractivity contribution in [2.24, 2.45) is 0 Å². The minimum absolute atomic E-state index is 0.0706. The third kappa shape index (κ3) is 3.93. The number of aliphatic carboxylic acids is 1. The van der Waals surface area contributed by atoms with Crippen LogP contribution in [0.3, 0.4) is 0 Å². The van der Waals surface area contributed by atoms with Crippen LogP contribution in [0.2, 0.25) is 0 Å². The van der Waals surface area contributed by atoms with Crippen molar-refractivity contribution in [3.05, 3.63) is 71.8 Å². The van der Waals surface area contributed by atoms with Crippen molar-refractivity contribution in [3.8, 4) is 0 Å². The third-order valence-electron chi connectivity index (χ3n) is 3.33. The highest BCUT2D eigenvalue weighted by molar-refractivity contribution is 5.68. The van der Waals surface area contributed by atoms with Crippen LogP contribution >= 0.6 is 0 Å². The predicted octanol–water partition coefficient (Wildman–Crippen LogP) is 3.55. The number of nitrogens with one attached hydrogen (secondary N) is 1. The van der Waals surface area contributed by atoms with Gasteiger partial charge in [-0.15, -0.1) is 0 Å². The third-order valence-corrected chi connectivity index (χ3v) is 3.33. The number of rotatable bonds is 6. The van der Waals surface area contributed by atoms with E-state index in [1.165, 1.54) is 0 Å². The first-order valence-electron chi connectivity index (χ1n) is 6.74. The fourth-order valence-electron chi connectivity index (χ4n) is 2.27. The van der Waals surface area contributed by atoms with E-state index in [0.29, 0.717) is 0 Å². The summed E-state index contributed by atoms with van der Waals surface area (Å²) >= 11 is 0. The lowest BCUT2D eigenvalue weighted by Crippen LogP contribution is -2.26. The van der Waals surface area contributed by atoms with Gasteiger partial charge in [0.2, 0.25) is 0 Å². The highest BCUT2D eigenvalue weighted by Gasteiger charge is 2.18. The molecule has 20 heavy (non-hydrogen) atoms. The first kappa shape index (κ1) is 14.3. The van der Waals surface area contributed by atoms with Crippen LogP contribution in [0.5, 0.6) is 0 Å². The number of benzene rings is 2. The molecule has 2 N–H and O–H groups in total. The summed E-state index contributed by atoms with van der Waals surface area (Å²) in [7, 11) is 0. The largest absolute Gasteiger partial charge is 0.481 e. The van der Waals surface area contributed by atoms with Gasteiger partial charge in [-0.25, -0.2) is 0 Å². The molecule has 1 unspecified atom stereocenters. The molecule has 0 heterocycles. The fraction of sp³-hybridized carbons (Fsp3) is 0.235. The molecule has 2 aromatic rings. The van der Waals surface area contributed by atoms with Gasteiger partial charge in [-0.05, 0) is 18.1 Å². The van der Waals surface area contributed by atoms with E-state index in [9.17, 15) is 4.79 Å². The van der Waals surface area contributed by atoms with Crippen LogP contribution in [0.15, 0.2) is 60.7 Å². The van der Waals surface area contributed by atoms with Crippen molar-refractivity contribution in [2.75, 3.05) is 0 Å². The van der Waals surface area contributed by atoms with Crippen LogP contribution in [0.25, 0.3) is 0 Å². The molecule has 104 valence electrons. The number of carboxylic acids is 1. The maximum atomic E-state index is 11.1.